The van der Waals surface area contributed by atoms with Gasteiger partial charge in [0.2, 0.25) is 5.91 Å². The number of allylic oxidation sites excluding steroid dienone is 7. The number of nitrogens with one attached hydrogen (secondary N) is 1. The van der Waals surface area contributed by atoms with Crippen molar-refractivity contribution in [2.24, 2.45) is 0 Å². The number of hydrogen-bond donors (Lipinski definition) is 1. The Morgan fingerprint density at radius 3 is 1.19 bits per heavy atom. The van der Waals surface area contributed by atoms with Crippen LogP contribution in [0.1, 0.15) is 323 Å². The summed E-state index contributed by atoms with van der Waals surface area (Å²) in [7, 11) is 1.19. The summed E-state index contributed by atoms with van der Waals surface area (Å²) in [4.78, 5) is 40.1. The molecular weight excluding hydrogens is 988 g/mol. The Morgan fingerprint density at radius 2 is 0.782 bits per heavy atom. The number of likely N-dealkylation sites (N-methyl/N-ethyl adjacent to an activating group) is 1. The van der Waals surface area contributed by atoms with Crippen molar-refractivity contribution in [3.63, 3.8) is 0 Å². The van der Waals surface area contributed by atoms with Gasteiger partial charge in [0.25, 0.3) is 7.82 Å². The average molecular weight is 1120 g/mol. The fourth-order valence-electron chi connectivity index (χ4n) is 9.78. The number of rotatable bonds is 61. The Hall–Kier alpha value is -2.03. The van der Waals surface area contributed by atoms with Crippen molar-refractivity contribution in [3.8, 4) is 0 Å². The molecule has 458 valence electrons. The molecule has 0 saturated heterocycles. The average Bonchev–Trinajstić information content (AvgIpc) is 3.40. The second-order valence-corrected chi connectivity index (χ2v) is 25.4. The van der Waals surface area contributed by atoms with Gasteiger partial charge in [0.05, 0.1) is 33.8 Å². The van der Waals surface area contributed by atoms with Crippen LogP contribution < -0.4 is 10.2 Å². The maximum Gasteiger partial charge on any atom is 0.306 e. The lowest BCUT2D eigenvalue weighted by Crippen LogP contribution is -2.47. The number of carbonyl (C=O) groups excluding carboxylic acids is 2. The Balaban J connectivity index is 5.13. The highest BCUT2D eigenvalue weighted by atomic mass is 31.2. The van der Waals surface area contributed by atoms with Crippen molar-refractivity contribution < 1.29 is 37.3 Å². The van der Waals surface area contributed by atoms with Gasteiger partial charge in [-0.1, -0.05) is 269 Å². The molecule has 0 aromatic heterocycles. The molecule has 1 N–H and O–H groups in total. The summed E-state index contributed by atoms with van der Waals surface area (Å²) >= 11 is 0. The summed E-state index contributed by atoms with van der Waals surface area (Å²) < 4.78 is 30.4. The van der Waals surface area contributed by atoms with Crippen LogP contribution >= 0.6 is 7.82 Å². The molecular formula is C68H129N2O7P. The number of phosphoric ester groups is 1. The van der Waals surface area contributed by atoms with Gasteiger partial charge in [-0.3, -0.25) is 14.2 Å². The van der Waals surface area contributed by atoms with E-state index in [9.17, 15) is 19.0 Å². The number of ether oxygens (including phenoxy) is 1. The first-order valence-electron chi connectivity index (χ1n) is 33.4. The second-order valence-electron chi connectivity index (χ2n) is 24.0. The highest BCUT2D eigenvalue weighted by molar-refractivity contribution is 7.45. The molecule has 0 aromatic carbocycles. The first-order chi connectivity index (χ1) is 37.9. The molecule has 0 rings (SSSR count). The number of carbonyl (C=O) groups is 2. The molecule has 0 aromatic rings. The molecule has 0 bridgehead atoms. The van der Waals surface area contributed by atoms with Crippen molar-refractivity contribution in [1.82, 2.24) is 5.32 Å². The van der Waals surface area contributed by atoms with Crippen molar-refractivity contribution in [2.45, 2.75) is 335 Å². The normalized spacial score (nSPS) is 13.9. The van der Waals surface area contributed by atoms with Crippen LogP contribution in [0.4, 0.5) is 0 Å². The highest BCUT2D eigenvalue weighted by Gasteiger charge is 2.27. The summed E-state index contributed by atoms with van der Waals surface area (Å²) in [6, 6.07) is -0.891. The van der Waals surface area contributed by atoms with Gasteiger partial charge in [-0.2, -0.15) is 0 Å². The Morgan fingerprint density at radius 1 is 0.449 bits per heavy atom. The van der Waals surface area contributed by atoms with Crippen molar-refractivity contribution in [3.05, 3.63) is 48.6 Å². The summed E-state index contributed by atoms with van der Waals surface area (Å²) in [6.45, 7) is 6.84. The summed E-state index contributed by atoms with van der Waals surface area (Å²) in [5.74, 6) is -0.539. The molecule has 3 unspecified atom stereocenters. The molecule has 0 spiro atoms. The van der Waals surface area contributed by atoms with Crippen molar-refractivity contribution >= 4 is 19.7 Å². The quantitative estimate of drug-likeness (QED) is 0.0212. The predicted octanol–water partition coefficient (Wildman–Crippen LogP) is 20.2. The lowest BCUT2D eigenvalue weighted by atomic mass is 10.0. The maximum atomic E-state index is 13.5. The molecule has 0 aliphatic rings. The standard InChI is InChI=1S/C68H129N2O7P/c1-7-10-13-16-19-22-25-28-30-32-33-34-35-36-37-39-41-43-46-49-52-55-58-61-68(72)77-66(59-56-53-50-47-44-27-24-21-18-15-12-9-3)65(64-76-78(73,74)75-63-62-70(4,5)6)69-67(71)60-57-54-51-48-45-42-40-38-31-29-26-23-20-17-14-11-8-2/h20,23,28-31,56,59,65-66H,7-19,21-22,24-27,32-55,57-58,60-64H2,1-6H3,(H-,69,71,73,74)/b23-20-,30-28+,31-29-,59-56-. The number of unbranched alkanes of at least 4 members (excludes halogenated alkanes) is 39. The van der Waals surface area contributed by atoms with E-state index in [2.05, 4.69) is 62.5 Å². The highest BCUT2D eigenvalue weighted by Crippen LogP contribution is 2.38. The zero-order chi connectivity index (χ0) is 57.2. The fourth-order valence-corrected chi connectivity index (χ4v) is 10.5. The largest absolute Gasteiger partial charge is 0.756 e. The van der Waals surface area contributed by atoms with Crippen LogP contribution in [0.25, 0.3) is 0 Å². The molecule has 1 amide bonds. The SMILES string of the molecule is CCCCC/C=C\C/C=C\CCCCCCCCCC(=O)NC(COP(=O)([O-])OCC[N+](C)(C)C)C(/C=C\CCCCCCCCCCCC)OC(=O)CCCCCCCCCCCCCCC/C=C/CCCCCCCC. The third-order valence-electron chi connectivity index (χ3n) is 15.0. The van der Waals surface area contributed by atoms with Crippen molar-refractivity contribution in [2.75, 3.05) is 40.9 Å². The molecule has 3 atom stereocenters. The molecule has 78 heavy (non-hydrogen) atoms. The van der Waals surface area contributed by atoms with Crippen LogP contribution in [0.15, 0.2) is 48.6 Å². The van der Waals surface area contributed by atoms with Gasteiger partial charge < -0.3 is 28.5 Å². The minimum Gasteiger partial charge on any atom is -0.756 e. The minimum absolute atomic E-state index is 0.0232. The van der Waals surface area contributed by atoms with Gasteiger partial charge in [0.1, 0.15) is 19.3 Å². The van der Waals surface area contributed by atoms with Gasteiger partial charge in [0, 0.05) is 12.8 Å². The third kappa shape index (κ3) is 58.6. The summed E-state index contributed by atoms with van der Waals surface area (Å²) in [5, 5.41) is 3.03. The predicted molar refractivity (Wildman–Crippen MR) is 335 cm³/mol. The third-order valence-corrected chi connectivity index (χ3v) is 15.9. The fraction of sp³-hybridized carbons (Fsp3) is 0.853. The Bertz CT molecular complexity index is 1470. The molecule has 0 saturated carbocycles. The van der Waals surface area contributed by atoms with E-state index in [1.54, 1.807) is 0 Å². The monoisotopic (exact) mass is 1120 g/mol. The van der Waals surface area contributed by atoms with Crippen LogP contribution in [0.3, 0.4) is 0 Å². The van der Waals surface area contributed by atoms with Gasteiger partial charge in [-0.05, 0) is 89.5 Å². The van der Waals surface area contributed by atoms with Gasteiger partial charge in [-0.25, -0.2) is 0 Å². The first kappa shape index (κ1) is 76.0. The summed E-state index contributed by atoms with van der Waals surface area (Å²) in [5.41, 5.74) is 0. The van der Waals surface area contributed by atoms with E-state index >= 15 is 0 Å². The second kappa shape index (κ2) is 58.2. The van der Waals surface area contributed by atoms with E-state index in [0.717, 1.165) is 77.0 Å². The van der Waals surface area contributed by atoms with E-state index in [4.69, 9.17) is 13.8 Å². The lowest BCUT2D eigenvalue weighted by molar-refractivity contribution is -0.870. The van der Waals surface area contributed by atoms with Gasteiger partial charge in [-0.15, -0.1) is 0 Å². The van der Waals surface area contributed by atoms with Crippen LogP contribution in [-0.4, -0.2) is 69.4 Å². The van der Waals surface area contributed by atoms with Crippen LogP contribution in [0, 0.1) is 0 Å². The Kier molecular flexibility index (Phi) is 56.7. The molecule has 0 radical (unpaired) electrons. The topological polar surface area (TPSA) is 114 Å². The smallest absolute Gasteiger partial charge is 0.306 e. The van der Waals surface area contributed by atoms with Crippen LogP contribution in [0.2, 0.25) is 0 Å². The first-order valence-corrected chi connectivity index (χ1v) is 34.9. The van der Waals surface area contributed by atoms with Gasteiger partial charge >= 0.3 is 5.97 Å². The molecule has 0 aliphatic heterocycles. The van der Waals surface area contributed by atoms with E-state index in [1.165, 1.54) is 212 Å². The number of quaternary nitrogens is 1. The van der Waals surface area contributed by atoms with Crippen LogP contribution in [-0.2, 0) is 27.9 Å². The number of amides is 1. The molecule has 10 heteroatoms. The number of hydrogen-bond acceptors (Lipinski definition) is 7. The number of phosphoric acid groups is 1. The minimum atomic E-state index is -4.70. The molecule has 0 aliphatic carbocycles. The molecule has 0 fully saturated rings. The van der Waals surface area contributed by atoms with Crippen molar-refractivity contribution in [1.29, 1.82) is 0 Å². The van der Waals surface area contributed by atoms with E-state index in [-0.39, 0.29) is 31.5 Å². The lowest BCUT2D eigenvalue weighted by Gasteiger charge is -2.30. The molecule has 0 heterocycles. The van der Waals surface area contributed by atoms with E-state index in [1.807, 2.05) is 33.3 Å². The van der Waals surface area contributed by atoms with E-state index in [0.29, 0.717) is 17.4 Å². The number of nitrogens with zero attached hydrogens (tertiary/aromatic N) is 1. The Labute approximate surface area is 484 Å². The number of esters is 1. The summed E-state index contributed by atoms with van der Waals surface area (Å²) in [6.07, 6.45) is 72.2. The zero-order valence-electron chi connectivity index (χ0n) is 52.4. The van der Waals surface area contributed by atoms with Gasteiger partial charge in [0.15, 0.2) is 0 Å². The van der Waals surface area contributed by atoms with Crippen LogP contribution in [0.5, 0.6) is 0 Å². The maximum absolute atomic E-state index is 13.5. The zero-order valence-corrected chi connectivity index (χ0v) is 53.3. The molecule has 9 nitrogen and oxygen atoms in total. The van der Waals surface area contributed by atoms with E-state index < -0.39 is 20.0 Å².